The number of likely N-dealkylation sites (N-methyl/N-ethyl adjacent to an activating group) is 1. The lowest BCUT2D eigenvalue weighted by atomic mass is 10.4. The van der Waals surface area contributed by atoms with Crippen molar-refractivity contribution in [2.24, 2.45) is 0 Å². The summed E-state index contributed by atoms with van der Waals surface area (Å²) in [6.07, 6.45) is 1.41. The second-order valence-electron chi connectivity index (χ2n) is 3.91. The maximum Gasteiger partial charge on any atom is 0.262 e. The van der Waals surface area contributed by atoms with Gasteiger partial charge in [0.25, 0.3) is 10.0 Å². The Morgan fingerprint density at radius 2 is 2.22 bits per heavy atom. The first-order valence-electron chi connectivity index (χ1n) is 5.66. The number of nitrogens with two attached hydrogens (primary N) is 1. The molecule has 7 heteroatoms. The fourth-order valence-electron chi connectivity index (χ4n) is 1.77. The quantitative estimate of drug-likeness (QED) is 0.825. The van der Waals surface area contributed by atoms with Crippen molar-refractivity contribution in [2.45, 2.75) is 24.9 Å². The SMILES string of the molecule is CCN(C(C)COC)S(=O)(=O)c1ncccc1N. The lowest BCUT2D eigenvalue weighted by molar-refractivity contribution is 0.142. The minimum atomic E-state index is -3.69. The van der Waals surface area contributed by atoms with Crippen molar-refractivity contribution in [3.63, 3.8) is 0 Å². The molecule has 0 saturated carbocycles. The van der Waals surface area contributed by atoms with Crippen LogP contribution in [0.25, 0.3) is 0 Å². The van der Waals surface area contributed by atoms with Crippen molar-refractivity contribution < 1.29 is 13.2 Å². The highest BCUT2D eigenvalue weighted by Gasteiger charge is 2.30. The van der Waals surface area contributed by atoms with Crippen LogP contribution >= 0.6 is 0 Å². The minimum absolute atomic E-state index is 0.102. The van der Waals surface area contributed by atoms with Crippen LogP contribution in [0.15, 0.2) is 23.4 Å². The van der Waals surface area contributed by atoms with Gasteiger partial charge in [-0.25, -0.2) is 13.4 Å². The van der Waals surface area contributed by atoms with Crippen molar-refractivity contribution >= 4 is 15.7 Å². The molecule has 1 heterocycles. The predicted molar refractivity (Wildman–Crippen MR) is 69.6 cm³/mol. The largest absolute Gasteiger partial charge is 0.396 e. The van der Waals surface area contributed by atoms with E-state index in [-0.39, 0.29) is 16.8 Å². The van der Waals surface area contributed by atoms with Crippen LogP contribution in [0.1, 0.15) is 13.8 Å². The number of hydrogen-bond donors (Lipinski definition) is 1. The van der Waals surface area contributed by atoms with Gasteiger partial charge in [0.05, 0.1) is 12.3 Å². The van der Waals surface area contributed by atoms with E-state index in [0.717, 1.165) is 0 Å². The summed E-state index contributed by atoms with van der Waals surface area (Å²) in [6.45, 7) is 4.20. The molecule has 6 nitrogen and oxygen atoms in total. The van der Waals surface area contributed by atoms with Gasteiger partial charge in [-0.05, 0) is 19.1 Å². The number of methoxy groups -OCH3 is 1. The maximum atomic E-state index is 12.4. The van der Waals surface area contributed by atoms with Crippen LogP contribution in [0.5, 0.6) is 0 Å². The Morgan fingerprint density at radius 1 is 1.56 bits per heavy atom. The van der Waals surface area contributed by atoms with Crippen LogP contribution in [0, 0.1) is 0 Å². The van der Waals surface area contributed by atoms with Crippen LogP contribution < -0.4 is 5.73 Å². The number of sulfonamides is 1. The summed E-state index contributed by atoms with van der Waals surface area (Å²) < 4.78 is 31.2. The number of pyridine rings is 1. The second kappa shape index (κ2) is 6.12. The fraction of sp³-hybridized carbons (Fsp3) is 0.545. The van der Waals surface area contributed by atoms with Crippen molar-refractivity contribution in [3.05, 3.63) is 18.3 Å². The van der Waals surface area contributed by atoms with E-state index in [1.165, 1.54) is 23.7 Å². The van der Waals surface area contributed by atoms with E-state index in [2.05, 4.69) is 4.98 Å². The number of nitrogen functional groups attached to an aromatic ring is 1. The number of aromatic nitrogens is 1. The van der Waals surface area contributed by atoms with Gasteiger partial charge in [0.15, 0.2) is 5.03 Å². The van der Waals surface area contributed by atoms with Crippen molar-refractivity contribution in [1.82, 2.24) is 9.29 Å². The molecule has 0 spiro atoms. The van der Waals surface area contributed by atoms with Crippen LogP contribution in [-0.4, -0.2) is 44.0 Å². The molecular weight excluding hydrogens is 254 g/mol. The summed E-state index contributed by atoms with van der Waals surface area (Å²) in [5.74, 6) is 0. The summed E-state index contributed by atoms with van der Waals surface area (Å²) in [4.78, 5) is 3.87. The first kappa shape index (κ1) is 14.9. The van der Waals surface area contributed by atoms with Gasteiger partial charge in [0.2, 0.25) is 0 Å². The Hall–Kier alpha value is -1.18. The zero-order chi connectivity index (χ0) is 13.8. The number of nitrogens with zero attached hydrogens (tertiary/aromatic N) is 2. The van der Waals surface area contributed by atoms with Gasteiger partial charge in [-0.15, -0.1) is 0 Å². The lowest BCUT2D eigenvalue weighted by Gasteiger charge is -2.26. The van der Waals surface area contributed by atoms with E-state index >= 15 is 0 Å². The average molecular weight is 273 g/mol. The Kier molecular flexibility index (Phi) is 5.06. The first-order chi connectivity index (χ1) is 8.45. The Balaban J connectivity index is 3.15. The molecule has 0 radical (unpaired) electrons. The standard InChI is InChI=1S/C11H19N3O3S/c1-4-14(9(2)8-17-3)18(15,16)11-10(12)6-5-7-13-11/h5-7,9H,4,8,12H2,1-3H3. The molecule has 0 bridgehead atoms. The first-order valence-corrected chi connectivity index (χ1v) is 7.10. The third-order valence-corrected chi connectivity index (χ3v) is 4.63. The highest BCUT2D eigenvalue weighted by Crippen LogP contribution is 2.21. The molecular formula is C11H19N3O3S. The van der Waals surface area contributed by atoms with Crippen LogP contribution in [0.4, 0.5) is 5.69 Å². The molecule has 0 aliphatic heterocycles. The molecule has 1 unspecified atom stereocenters. The van der Waals surface area contributed by atoms with E-state index < -0.39 is 10.0 Å². The van der Waals surface area contributed by atoms with Crippen LogP contribution in [-0.2, 0) is 14.8 Å². The summed E-state index contributed by atoms with van der Waals surface area (Å²) in [5, 5.41) is -0.102. The van der Waals surface area contributed by atoms with Gasteiger partial charge >= 0.3 is 0 Å². The van der Waals surface area contributed by atoms with E-state index in [1.807, 2.05) is 0 Å². The average Bonchev–Trinajstić information content (AvgIpc) is 2.30. The van der Waals surface area contributed by atoms with Gasteiger partial charge < -0.3 is 10.5 Å². The summed E-state index contributed by atoms with van der Waals surface area (Å²) in [7, 11) is -2.15. The second-order valence-corrected chi connectivity index (χ2v) is 5.72. The van der Waals surface area contributed by atoms with E-state index in [1.54, 1.807) is 19.9 Å². The third kappa shape index (κ3) is 2.98. The lowest BCUT2D eigenvalue weighted by Crippen LogP contribution is -2.41. The molecule has 1 atom stereocenters. The number of ether oxygens (including phenoxy) is 1. The van der Waals surface area contributed by atoms with Crippen LogP contribution in [0.3, 0.4) is 0 Å². The van der Waals surface area contributed by atoms with Gasteiger partial charge in [-0.1, -0.05) is 6.92 Å². The molecule has 0 amide bonds. The van der Waals surface area contributed by atoms with Crippen molar-refractivity contribution in [3.8, 4) is 0 Å². The molecule has 18 heavy (non-hydrogen) atoms. The highest BCUT2D eigenvalue weighted by molar-refractivity contribution is 7.89. The third-order valence-electron chi connectivity index (χ3n) is 2.56. The molecule has 102 valence electrons. The number of hydrogen-bond acceptors (Lipinski definition) is 5. The molecule has 1 aromatic rings. The van der Waals surface area contributed by atoms with Crippen molar-refractivity contribution in [2.75, 3.05) is 26.0 Å². The molecule has 0 saturated heterocycles. The molecule has 2 N–H and O–H groups in total. The summed E-state index contributed by atoms with van der Waals surface area (Å²) in [6, 6.07) is 2.85. The number of rotatable bonds is 6. The predicted octanol–water partition coefficient (Wildman–Crippen LogP) is 0.709. The molecule has 0 aliphatic rings. The molecule has 1 aromatic heterocycles. The Morgan fingerprint density at radius 3 is 2.72 bits per heavy atom. The molecule has 1 rings (SSSR count). The minimum Gasteiger partial charge on any atom is -0.396 e. The summed E-state index contributed by atoms with van der Waals surface area (Å²) >= 11 is 0. The highest BCUT2D eigenvalue weighted by atomic mass is 32.2. The normalized spacial score (nSPS) is 13.8. The zero-order valence-corrected chi connectivity index (χ0v) is 11.6. The summed E-state index contributed by atoms with van der Waals surface area (Å²) in [5.41, 5.74) is 5.83. The zero-order valence-electron chi connectivity index (χ0n) is 10.8. The molecule has 0 fully saturated rings. The number of anilines is 1. The van der Waals surface area contributed by atoms with Gasteiger partial charge in [-0.2, -0.15) is 4.31 Å². The van der Waals surface area contributed by atoms with Crippen molar-refractivity contribution in [1.29, 1.82) is 0 Å². The Labute approximate surface area is 108 Å². The van der Waals surface area contributed by atoms with E-state index in [9.17, 15) is 8.42 Å². The van der Waals surface area contributed by atoms with Gasteiger partial charge in [0, 0.05) is 25.9 Å². The molecule has 0 aliphatic carbocycles. The monoisotopic (exact) mass is 273 g/mol. The van der Waals surface area contributed by atoms with E-state index in [0.29, 0.717) is 13.2 Å². The van der Waals surface area contributed by atoms with E-state index in [4.69, 9.17) is 10.5 Å². The fourth-order valence-corrected chi connectivity index (χ4v) is 3.43. The van der Waals surface area contributed by atoms with Crippen LogP contribution in [0.2, 0.25) is 0 Å². The smallest absolute Gasteiger partial charge is 0.262 e. The van der Waals surface area contributed by atoms with Gasteiger partial charge in [-0.3, -0.25) is 0 Å². The molecule has 0 aromatic carbocycles. The van der Waals surface area contributed by atoms with Gasteiger partial charge in [0.1, 0.15) is 0 Å². The maximum absolute atomic E-state index is 12.4. The topological polar surface area (TPSA) is 85.5 Å². The Bertz CT molecular complexity index is 490.